The summed E-state index contributed by atoms with van der Waals surface area (Å²) in [5, 5.41) is 3.33. The number of pyridine rings is 1. The van der Waals surface area contributed by atoms with E-state index in [1.54, 1.807) is 24.3 Å². The molecule has 0 radical (unpaired) electrons. The lowest BCUT2D eigenvalue weighted by Crippen LogP contribution is -2.23. The van der Waals surface area contributed by atoms with Crippen molar-refractivity contribution in [1.29, 1.82) is 0 Å². The van der Waals surface area contributed by atoms with Crippen LogP contribution in [0.1, 0.15) is 15.9 Å². The summed E-state index contributed by atoms with van der Waals surface area (Å²) < 4.78 is 1.49. The molecule has 164 valence electrons. The molecule has 0 saturated carbocycles. The van der Waals surface area contributed by atoms with Gasteiger partial charge in [0.1, 0.15) is 10.5 Å². The Balaban J connectivity index is 1.71. The Morgan fingerprint density at radius 3 is 2.21 bits per heavy atom. The van der Waals surface area contributed by atoms with Crippen LogP contribution in [0.15, 0.2) is 99.9 Å². The van der Waals surface area contributed by atoms with Gasteiger partial charge in [-0.05, 0) is 17.2 Å². The maximum atomic E-state index is 13.6. The molecule has 0 aliphatic heterocycles. The van der Waals surface area contributed by atoms with Gasteiger partial charge in [-0.3, -0.25) is 18.8 Å². The fourth-order valence-corrected chi connectivity index (χ4v) is 5.63. The van der Waals surface area contributed by atoms with Crippen LogP contribution in [0.4, 0.5) is 0 Å². The zero-order chi connectivity index (χ0) is 23.2. The van der Waals surface area contributed by atoms with Crippen molar-refractivity contribution in [2.75, 3.05) is 0 Å². The largest absolute Gasteiger partial charge is 0.307 e. The van der Waals surface area contributed by atoms with E-state index < -0.39 is 0 Å². The Morgan fingerprint density at radius 1 is 0.824 bits per heavy atom. The number of aromatic amines is 1. The van der Waals surface area contributed by atoms with Crippen LogP contribution in [0.5, 0.6) is 0 Å². The van der Waals surface area contributed by atoms with Crippen LogP contribution >= 0.6 is 11.3 Å². The number of carbonyl (C=O) groups excluding carboxylic acids is 1. The number of fused-ring (bicyclic) bond motifs is 4. The van der Waals surface area contributed by atoms with Crippen molar-refractivity contribution in [1.82, 2.24) is 9.38 Å². The molecular weight excluding hydrogens is 444 g/mol. The predicted molar refractivity (Wildman–Crippen MR) is 137 cm³/mol. The number of carbonyl (C=O) groups is 1. The van der Waals surface area contributed by atoms with Crippen LogP contribution in [-0.2, 0) is 6.42 Å². The number of hydrogen-bond donors (Lipinski definition) is 1. The average molecular weight is 463 g/mol. The smallest absolute Gasteiger partial charge is 0.265 e. The molecule has 6 heteroatoms. The van der Waals surface area contributed by atoms with Crippen molar-refractivity contribution in [2.24, 2.45) is 0 Å². The van der Waals surface area contributed by atoms with Gasteiger partial charge in [-0.15, -0.1) is 11.3 Å². The molecule has 3 aromatic carbocycles. The quantitative estimate of drug-likeness (QED) is 0.280. The number of rotatable bonds is 4. The van der Waals surface area contributed by atoms with Gasteiger partial charge in [-0.25, -0.2) is 0 Å². The average Bonchev–Trinajstić information content (AvgIpc) is 3.31. The fraction of sp³-hybridized carbons (Fsp3) is 0.0357. The second-order valence-corrected chi connectivity index (χ2v) is 9.00. The van der Waals surface area contributed by atoms with E-state index in [4.69, 9.17) is 0 Å². The van der Waals surface area contributed by atoms with E-state index in [-0.39, 0.29) is 29.0 Å². The second kappa shape index (κ2) is 7.93. The molecule has 1 N–H and O–H groups in total. The molecule has 6 aromatic rings. The molecule has 0 fully saturated rings. The highest BCUT2D eigenvalue weighted by atomic mass is 32.1. The lowest BCUT2D eigenvalue weighted by molar-refractivity contribution is 0.0995. The van der Waals surface area contributed by atoms with E-state index >= 15 is 0 Å². The minimum absolute atomic E-state index is 0.158. The standard InChI is InChI=1S/C28H18N2O3S/c31-22(15-17-9-3-1-4-10-17)23-19-13-7-8-14-20(19)27(33)30-25(23)29-26(32)24-21(16-34-28(24)30)18-11-5-2-6-12-18/h1-14,16H,15H2,(H,29,32). The number of hydrogen-bond acceptors (Lipinski definition) is 4. The molecule has 0 unspecified atom stereocenters. The summed E-state index contributed by atoms with van der Waals surface area (Å²) in [5.41, 5.74) is 2.54. The van der Waals surface area contributed by atoms with E-state index in [1.165, 1.54) is 15.7 Å². The number of ketones is 1. The number of H-pyrrole nitrogens is 1. The van der Waals surface area contributed by atoms with Crippen molar-refractivity contribution in [3.05, 3.63) is 122 Å². The van der Waals surface area contributed by atoms with E-state index in [0.717, 1.165) is 16.7 Å². The van der Waals surface area contributed by atoms with Crippen LogP contribution in [-0.4, -0.2) is 15.2 Å². The van der Waals surface area contributed by atoms with Gasteiger partial charge in [0.05, 0.1) is 10.9 Å². The van der Waals surface area contributed by atoms with Gasteiger partial charge in [0.15, 0.2) is 5.78 Å². The van der Waals surface area contributed by atoms with Crippen molar-refractivity contribution in [3.63, 3.8) is 0 Å². The first-order valence-corrected chi connectivity index (χ1v) is 11.7. The Kier molecular flexibility index (Phi) is 4.74. The zero-order valence-corrected chi connectivity index (χ0v) is 18.8. The van der Waals surface area contributed by atoms with Crippen LogP contribution in [0.2, 0.25) is 0 Å². The molecule has 0 aliphatic rings. The first-order valence-electron chi connectivity index (χ1n) is 10.9. The highest BCUT2D eigenvalue weighted by Crippen LogP contribution is 2.33. The molecule has 0 aliphatic carbocycles. The first kappa shape index (κ1) is 20.3. The third kappa shape index (κ3) is 3.11. The monoisotopic (exact) mass is 462 g/mol. The molecule has 5 nitrogen and oxygen atoms in total. The van der Waals surface area contributed by atoms with Gasteiger partial charge in [-0.2, -0.15) is 0 Å². The molecule has 0 atom stereocenters. The SMILES string of the molecule is O=C(Cc1ccccc1)c1c2ccccc2c(=O)n2c1[nH]c(=O)c1c(-c3ccccc3)csc12. The lowest BCUT2D eigenvalue weighted by atomic mass is 9.98. The summed E-state index contributed by atoms with van der Waals surface area (Å²) in [7, 11) is 0. The number of nitrogens with one attached hydrogen (secondary N) is 1. The van der Waals surface area contributed by atoms with Crippen molar-refractivity contribution in [3.8, 4) is 11.1 Å². The highest BCUT2D eigenvalue weighted by molar-refractivity contribution is 7.17. The molecular formula is C28H18N2O3S. The lowest BCUT2D eigenvalue weighted by Gasteiger charge is -2.12. The predicted octanol–water partition coefficient (Wildman–Crippen LogP) is 5.45. The summed E-state index contributed by atoms with van der Waals surface area (Å²) in [6.45, 7) is 0. The van der Waals surface area contributed by atoms with E-state index in [1.807, 2.05) is 66.0 Å². The molecule has 3 aromatic heterocycles. The Morgan fingerprint density at radius 2 is 1.47 bits per heavy atom. The summed E-state index contributed by atoms with van der Waals surface area (Å²) in [6.07, 6.45) is 0.165. The summed E-state index contributed by atoms with van der Waals surface area (Å²) in [5.74, 6) is -0.158. The number of aromatic nitrogens is 2. The molecule has 0 saturated heterocycles. The van der Waals surface area contributed by atoms with Gasteiger partial charge in [0.2, 0.25) is 0 Å². The van der Waals surface area contributed by atoms with E-state index in [9.17, 15) is 14.4 Å². The van der Waals surface area contributed by atoms with Crippen LogP contribution in [0.25, 0.3) is 37.8 Å². The van der Waals surface area contributed by atoms with Crippen LogP contribution in [0.3, 0.4) is 0 Å². The van der Waals surface area contributed by atoms with Crippen LogP contribution in [0, 0.1) is 0 Å². The second-order valence-electron chi connectivity index (χ2n) is 8.14. The maximum Gasteiger partial charge on any atom is 0.265 e. The zero-order valence-electron chi connectivity index (χ0n) is 17.9. The normalized spacial score (nSPS) is 11.4. The highest BCUT2D eigenvalue weighted by Gasteiger charge is 2.22. The van der Waals surface area contributed by atoms with Gasteiger partial charge in [0, 0.05) is 28.1 Å². The first-order chi connectivity index (χ1) is 16.6. The maximum absolute atomic E-state index is 13.6. The minimum atomic E-state index is -0.321. The Hall–Kier alpha value is -4.29. The van der Waals surface area contributed by atoms with Gasteiger partial charge >= 0.3 is 0 Å². The molecule has 6 rings (SSSR count). The third-order valence-electron chi connectivity index (χ3n) is 6.10. The van der Waals surface area contributed by atoms with Gasteiger partial charge < -0.3 is 4.98 Å². The van der Waals surface area contributed by atoms with Crippen molar-refractivity contribution in [2.45, 2.75) is 6.42 Å². The summed E-state index contributed by atoms with van der Waals surface area (Å²) >= 11 is 1.33. The molecule has 0 spiro atoms. The number of benzene rings is 3. The fourth-order valence-electron chi connectivity index (χ4n) is 4.54. The van der Waals surface area contributed by atoms with Gasteiger partial charge in [-0.1, -0.05) is 78.9 Å². The number of Topliss-reactive ketones (excluding diaryl/α,β-unsaturated/α-hetero) is 1. The third-order valence-corrected chi connectivity index (χ3v) is 7.06. The molecule has 0 bridgehead atoms. The van der Waals surface area contributed by atoms with E-state index in [2.05, 4.69) is 4.98 Å². The van der Waals surface area contributed by atoms with Gasteiger partial charge in [0.25, 0.3) is 11.1 Å². The molecule has 0 amide bonds. The number of thiophene rings is 1. The molecule has 34 heavy (non-hydrogen) atoms. The molecule has 3 heterocycles. The summed E-state index contributed by atoms with van der Waals surface area (Å²) in [4.78, 5) is 44.0. The number of nitrogens with zero attached hydrogens (tertiary/aromatic N) is 1. The van der Waals surface area contributed by atoms with E-state index in [0.29, 0.717) is 26.6 Å². The van der Waals surface area contributed by atoms with Crippen molar-refractivity contribution >= 4 is 43.8 Å². The van der Waals surface area contributed by atoms with Crippen LogP contribution < -0.4 is 11.1 Å². The topological polar surface area (TPSA) is 71.4 Å². The van der Waals surface area contributed by atoms with Crippen molar-refractivity contribution < 1.29 is 4.79 Å². The Bertz CT molecular complexity index is 1830. The minimum Gasteiger partial charge on any atom is -0.307 e. The summed E-state index contributed by atoms with van der Waals surface area (Å²) in [6, 6.07) is 26.1. The Labute approximate surface area is 197 Å².